The second-order valence-electron chi connectivity index (χ2n) is 31.7. The van der Waals surface area contributed by atoms with Crippen molar-refractivity contribution in [1.82, 2.24) is 24.5 Å². The van der Waals surface area contributed by atoms with Crippen molar-refractivity contribution in [3.8, 4) is 0 Å². The number of hydrogen-bond acceptors (Lipinski definition) is 18. The van der Waals surface area contributed by atoms with E-state index in [1.54, 1.807) is 47.1 Å². The normalized spacial score (nSPS) is 18.5. The lowest BCUT2D eigenvalue weighted by Gasteiger charge is -2.37. The first-order chi connectivity index (χ1) is 51.3. The van der Waals surface area contributed by atoms with Crippen LogP contribution in [0.15, 0.2) is 24.3 Å². The number of benzene rings is 2. The summed E-state index contributed by atoms with van der Waals surface area (Å²) >= 11 is 0. The van der Waals surface area contributed by atoms with Gasteiger partial charge in [0.25, 0.3) is 29.2 Å². The number of anilines is 1. The van der Waals surface area contributed by atoms with E-state index in [4.69, 9.17) is 0 Å². The zero-order chi connectivity index (χ0) is 80.2. The number of nitrogens with zero attached hydrogens (tertiary/aromatic N) is 12. The van der Waals surface area contributed by atoms with Gasteiger partial charge < -0.3 is 59.4 Å². The van der Waals surface area contributed by atoms with E-state index in [2.05, 4.69) is 84.8 Å². The Labute approximate surface area is 647 Å². The van der Waals surface area contributed by atoms with Crippen molar-refractivity contribution < 1.29 is 86.9 Å². The highest BCUT2D eigenvalue weighted by atomic mass is 16.4. The minimum absolute atomic E-state index is 0.208. The van der Waals surface area contributed by atoms with Crippen LogP contribution in [0.1, 0.15) is 243 Å². The van der Waals surface area contributed by atoms with Gasteiger partial charge in [-0.05, 0) is 169 Å². The van der Waals surface area contributed by atoms with Gasteiger partial charge in [-0.15, -0.1) is 0 Å². The van der Waals surface area contributed by atoms with Gasteiger partial charge in [0, 0.05) is 38.5 Å². The van der Waals surface area contributed by atoms with Crippen molar-refractivity contribution in [2.24, 2.45) is 0 Å². The molecule has 2 aromatic rings. The van der Waals surface area contributed by atoms with Crippen molar-refractivity contribution in [3.63, 3.8) is 0 Å². The van der Waals surface area contributed by atoms with E-state index in [1.807, 2.05) is 74.3 Å². The summed E-state index contributed by atoms with van der Waals surface area (Å²) in [5.74, 6) is -4.15. The first-order valence-corrected chi connectivity index (χ1v) is 40.9. The maximum atomic E-state index is 12.3. The molecular weight excluding hydrogens is 1370 g/mol. The minimum Gasteiger partial charge on any atom is -0.538 e. The van der Waals surface area contributed by atoms with Crippen molar-refractivity contribution >= 4 is 82.2 Å². The van der Waals surface area contributed by atoms with E-state index in [9.17, 15) is 59.4 Å². The van der Waals surface area contributed by atoms with Gasteiger partial charge in [-0.3, -0.25) is 47.4 Å². The Morgan fingerprint density at radius 2 is 0.824 bits per heavy atom. The van der Waals surface area contributed by atoms with E-state index in [-0.39, 0.29) is 29.6 Å². The molecule has 6 heterocycles. The number of hydrogen-bond donors (Lipinski definition) is 0. The van der Waals surface area contributed by atoms with Crippen LogP contribution in [-0.4, -0.2) is 266 Å². The van der Waals surface area contributed by atoms with Crippen molar-refractivity contribution in [1.29, 1.82) is 0 Å². The second-order valence-corrected chi connectivity index (χ2v) is 31.7. The fourth-order valence-corrected chi connectivity index (χ4v) is 17.8. The Morgan fingerprint density at radius 3 is 1.24 bits per heavy atom. The maximum Gasteiger partial charge on any atom is 0.305 e. The molecule has 24 heteroatoms. The van der Waals surface area contributed by atoms with Crippen LogP contribution in [-0.2, 0) is 28.8 Å². The Hall–Kier alpha value is -7.92. The van der Waals surface area contributed by atoms with Gasteiger partial charge in [0.05, 0.1) is 143 Å². The summed E-state index contributed by atoms with van der Waals surface area (Å²) in [6.07, 6.45) is 26.8. The molecule has 2 saturated carbocycles. The van der Waals surface area contributed by atoms with Gasteiger partial charge >= 0.3 is 5.84 Å². The zero-order valence-corrected chi connectivity index (χ0v) is 69.5. The van der Waals surface area contributed by atoms with Crippen LogP contribution < -0.4 is 35.5 Å². The lowest BCUT2D eigenvalue weighted by molar-refractivity contribution is -0.580. The molecule has 0 bridgehead atoms. The topological polar surface area (TPSA) is 278 Å². The summed E-state index contributed by atoms with van der Waals surface area (Å²) in [6, 6.07) is 10.4. The highest BCUT2D eigenvalue weighted by Gasteiger charge is 2.41. The molecule has 0 atom stereocenters. The van der Waals surface area contributed by atoms with Crippen LogP contribution in [0.5, 0.6) is 0 Å². The maximum absolute atomic E-state index is 12.3. The highest BCUT2D eigenvalue weighted by Crippen LogP contribution is 2.33. The fraction of sp³-hybridized carbons (Fsp3) is 0.714. The average Bonchev–Trinajstić information content (AvgIpc) is 0.929. The zero-order valence-electron chi connectivity index (χ0n) is 69.5. The summed E-state index contributed by atoms with van der Waals surface area (Å²) in [5.41, 5.74) is 8.68. The third-order valence-corrected chi connectivity index (χ3v) is 22.3. The predicted molar refractivity (Wildman–Crippen MR) is 415 cm³/mol. The van der Waals surface area contributed by atoms with E-state index in [1.165, 1.54) is 49.7 Å². The second kappa shape index (κ2) is 44.7. The molecule has 108 heavy (non-hydrogen) atoms. The number of amidine groups is 6. The molecule has 604 valence electrons. The van der Waals surface area contributed by atoms with Crippen LogP contribution in [0.25, 0.3) is 0 Å². The number of carboxylic acids is 6. The number of carboxylic acid groups (broad SMARTS) is 6. The van der Waals surface area contributed by atoms with E-state index >= 15 is 0 Å². The number of carbonyl (C=O) groups is 6. The number of rotatable bonds is 22. The van der Waals surface area contributed by atoms with Gasteiger partial charge in [0.2, 0.25) is 0 Å². The molecule has 2 aromatic carbocycles. The Balaban J connectivity index is 0.000000239. The van der Waals surface area contributed by atoms with Crippen molar-refractivity contribution in [2.75, 3.05) is 112 Å². The van der Waals surface area contributed by atoms with E-state index in [0.29, 0.717) is 54.8 Å². The third kappa shape index (κ3) is 25.1. The number of aryl methyl sites for hydroxylation is 6. The molecule has 0 aromatic heterocycles. The summed E-state index contributed by atoms with van der Waals surface area (Å²) in [6.45, 7) is 38.7. The van der Waals surface area contributed by atoms with Crippen LogP contribution in [0, 0.1) is 41.5 Å². The summed E-state index contributed by atoms with van der Waals surface area (Å²) in [7, 11) is 7.06. The van der Waals surface area contributed by atoms with Gasteiger partial charge in [0.15, 0.2) is 35.8 Å². The quantitative estimate of drug-likeness (QED) is 0.153. The molecular formula is C84H136N12O12. The van der Waals surface area contributed by atoms with Gasteiger partial charge in [-0.1, -0.05) is 102 Å². The molecule has 8 aliphatic rings. The molecule has 6 aliphatic heterocycles. The standard InChI is InChI=1S/C23H28N2O2.C19H36N2O2.C17H28N2O2.C11H20N2O2.2C7H12N2O2/c1-14-10-16(3)20(17(4)11-14)24-8-7-9-25(22(24)23(26)27)21-18(5)12-15(2)13-19(21)6;1-5-10-16(11-6-2)20-14-9-15-21(18(20)19(22)23)17(12-7-3)13-8-4;20-17(21)16-18(14-8-3-1-4-9-14)12-7-13-19(16)15-10-5-2-6-11-15;1-8(2)12-6-5-7-13(9(3)4)10(12)11(14)15;2*1-8-4-3-5-9(2)6(8)7(10)11/h10-13H,7-9H2,1-6H3;16-17H,5-15H2,1-4H3;14-15H,1-13H2;8-9H,5-7H2,1-4H3;2*3-5H2,1-2H3. The molecule has 0 radical (unpaired) electrons. The van der Waals surface area contributed by atoms with Crippen LogP contribution in [0.4, 0.5) is 11.4 Å². The molecule has 2 aliphatic carbocycles. The molecule has 0 spiro atoms. The van der Waals surface area contributed by atoms with Crippen LogP contribution >= 0.6 is 0 Å². The van der Waals surface area contributed by atoms with E-state index < -0.39 is 35.8 Å². The molecule has 0 N–H and O–H groups in total. The third-order valence-electron chi connectivity index (χ3n) is 22.3. The average molecular weight is 1510 g/mol. The largest absolute Gasteiger partial charge is 0.538 e. The number of aliphatic carboxylic acids is 6. The number of likely N-dealkylation sites (N-methyl/N-ethyl adjacent to an activating group) is 2. The van der Waals surface area contributed by atoms with Crippen LogP contribution in [0.2, 0.25) is 0 Å². The lowest BCUT2D eigenvalue weighted by atomic mass is 9.92. The monoisotopic (exact) mass is 1510 g/mol. The van der Waals surface area contributed by atoms with Crippen molar-refractivity contribution in [3.05, 3.63) is 57.6 Å². The molecule has 24 nitrogen and oxygen atoms in total. The molecule has 0 amide bonds. The van der Waals surface area contributed by atoms with Gasteiger partial charge in [0.1, 0.15) is 11.4 Å². The lowest BCUT2D eigenvalue weighted by Crippen LogP contribution is -2.58. The van der Waals surface area contributed by atoms with Gasteiger partial charge in [-0.2, -0.15) is 0 Å². The molecule has 2 fully saturated rings. The van der Waals surface area contributed by atoms with Crippen LogP contribution in [0.3, 0.4) is 0 Å². The summed E-state index contributed by atoms with van der Waals surface area (Å²) in [4.78, 5) is 79.9. The number of carbonyl (C=O) groups excluding carboxylic acids is 6. The summed E-state index contributed by atoms with van der Waals surface area (Å²) in [5, 5.41) is 68.3. The first kappa shape index (κ1) is 90.7. The highest BCUT2D eigenvalue weighted by molar-refractivity contribution is 6.37. The Bertz CT molecular complexity index is 3470. The molecule has 0 saturated heterocycles. The molecule has 0 unspecified atom stereocenters. The first-order valence-electron chi connectivity index (χ1n) is 40.9. The summed E-state index contributed by atoms with van der Waals surface area (Å²) < 4.78 is 11.6. The SMILES string of the molecule is CC(C)N1CCC[N+](C(C)C)=C1C(=O)[O-].CCCC(CCC)N1CCC[N+](C(CCC)CCC)=C1C(=O)[O-].CN1CCC[N+](C)=C1C(=O)[O-].CN1CCC[N+](C)=C1C(=O)[O-].Cc1cc(C)c(N2CCC[N+](c3c(C)cc(C)cc3C)=C2C(=O)[O-])c(C)c1.O=C([O-])C1=[N+](C2CCCCC2)CCCN1C1CCCCC1. The van der Waals surface area contributed by atoms with Gasteiger partial charge in [-0.25, -0.2) is 9.48 Å². The fourth-order valence-electron chi connectivity index (χ4n) is 17.8. The van der Waals surface area contributed by atoms with E-state index in [0.717, 1.165) is 215 Å². The van der Waals surface area contributed by atoms with Crippen molar-refractivity contribution in [2.45, 2.75) is 287 Å². The minimum atomic E-state index is -1.13. The Morgan fingerprint density at radius 1 is 0.426 bits per heavy atom. The Kier molecular flexibility index (Phi) is 37.5. The predicted octanol–water partition coefficient (Wildman–Crippen LogP) is 3.44. The molecule has 10 rings (SSSR count). The smallest absolute Gasteiger partial charge is 0.305 e.